The highest BCUT2D eigenvalue weighted by molar-refractivity contribution is 7.98. The van der Waals surface area contributed by atoms with Gasteiger partial charge in [-0.3, -0.25) is 9.59 Å². The lowest BCUT2D eigenvalue weighted by atomic mass is 10.1. The molecule has 2 unspecified atom stereocenters. The van der Waals surface area contributed by atoms with Crippen molar-refractivity contribution in [1.82, 2.24) is 19.9 Å². The molecule has 0 radical (unpaired) electrons. The molecule has 2 saturated carbocycles. The van der Waals surface area contributed by atoms with Gasteiger partial charge in [-0.1, -0.05) is 11.8 Å². The van der Waals surface area contributed by atoms with Gasteiger partial charge in [0, 0.05) is 69.2 Å². The van der Waals surface area contributed by atoms with Crippen molar-refractivity contribution in [3.8, 4) is 0 Å². The third kappa shape index (κ3) is 7.61. The highest BCUT2D eigenvalue weighted by Crippen LogP contribution is 2.56. The molecule has 8 rings (SSSR count). The van der Waals surface area contributed by atoms with E-state index < -0.39 is 32.5 Å². The van der Waals surface area contributed by atoms with E-state index in [1.165, 1.54) is 26.0 Å². The van der Waals surface area contributed by atoms with Gasteiger partial charge in [-0.2, -0.15) is 17.6 Å². The Bertz CT molecular complexity index is 1900. The average molecular weight is 799 g/mol. The molecule has 4 fully saturated rings. The summed E-state index contributed by atoms with van der Waals surface area (Å²) in [5.41, 5.74) is 0.468. The Balaban J connectivity index is 0.000000167. The first-order chi connectivity index (χ1) is 25.6. The molecule has 0 amide bonds. The van der Waals surface area contributed by atoms with Crippen molar-refractivity contribution < 1.29 is 45.0 Å². The zero-order valence-corrected chi connectivity index (χ0v) is 32.5. The van der Waals surface area contributed by atoms with E-state index in [4.69, 9.17) is 9.47 Å². The molecule has 54 heavy (non-hydrogen) atoms. The second-order valence-corrected chi connectivity index (χ2v) is 18.1. The molecule has 0 spiro atoms. The van der Waals surface area contributed by atoms with Gasteiger partial charge in [0.15, 0.2) is 5.16 Å². The number of esters is 2. The van der Waals surface area contributed by atoms with Crippen molar-refractivity contribution in [3.63, 3.8) is 0 Å². The fourth-order valence-corrected chi connectivity index (χ4v) is 9.96. The number of fused-ring (bicyclic) bond motifs is 4. The molecular weight excluding hydrogens is 753 g/mol. The van der Waals surface area contributed by atoms with Crippen molar-refractivity contribution in [2.75, 3.05) is 62.7 Å². The Hall–Kier alpha value is -3.28. The molecule has 2 aromatic rings. The van der Waals surface area contributed by atoms with Crippen LogP contribution in [0.3, 0.4) is 0 Å². The van der Waals surface area contributed by atoms with Crippen LogP contribution in [0.1, 0.15) is 73.9 Å². The van der Waals surface area contributed by atoms with E-state index in [2.05, 4.69) is 24.8 Å². The Morgan fingerprint density at radius 3 is 1.56 bits per heavy atom. The van der Waals surface area contributed by atoms with E-state index in [1.54, 1.807) is 0 Å². The van der Waals surface area contributed by atoms with Gasteiger partial charge in [-0.15, -0.1) is 0 Å². The summed E-state index contributed by atoms with van der Waals surface area (Å²) in [5, 5.41) is -0.137. The number of thioether (sulfide) groups is 1. The van der Waals surface area contributed by atoms with Crippen LogP contribution in [0.2, 0.25) is 0 Å². The molecule has 0 aromatic carbocycles. The minimum atomic E-state index is -3.83. The number of halogens is 4. The number of anilines is 2. The average Bonchev–Trinajstić information content (AvgIpc) is 3.82. The van der Waals surface area contributed by atoms with Crippen LogP contribution in [-0.4, -0.2) is 93.2 Å². The lowest BCUT2D eigenvalue weighted by Crippen LogP contribution is -2.29. The number of carbonyl (C=O) groups is 2. The Labute approximate surface area is 316 Å². The maximum Gasteiger partial charge on any atom is 0.305 e. The molecule has 0 N–H and O–H groups in total. The highest BCUT2D eigenvalue weighted by atomic mass is 32.2. The molecule has 2 aliphatic heterocycles. The third-order valence-electron chi connectivity index (χ3n) is 12.1. The fraction of sp³-hybridized carbons (Fsp3) is 0.722. The van der Waals surface area contributed by atoms with Crippen molar-refractivity contribution in [2.45, 2.75) is 86.4 Å². The molecule has 2 saturated heterocycles. The van der Waals surface area contributed by atoms with Crippen LogP contribution in [-0.2, 0) is 53.6 Å². The number of ether oxygens (including phenoxy) is 2. The van der Waals surface area contributed by atoms with E-state index in [0.29, 0.717) is 104 Å². The molecule has 2 aromatic heterocycles. The van der Waals surface area contributed by atoms with E-state index in [9.17, 15) is 35.6 Å². The quantitative estimate of drug-likeness (QED) is 0.114. The first-order valence-corrected chi connectivity index (χ1v) is 21.6. The van der Waals surface area contributed by atoms with Gasteiger partial charge in [0.1, 0.15) is 23.0 Å². The second kappa shape index (κ2) is 14.7. The maximum absolute atomic E-state index is 14.7. The minimum Gasteiger partial charge on any atom is -0.469 e. The van der Waals surface area contributed by atoms with Crippen molar-refractivity contribution >= 4 is 45.2 Å². The Morgan fingerprint density at radius 2 is 1.15 bits per heavy atom. The third-order valence-corrected chi connectivity index (χ3v) is 13.5. The van der Waals surface area contributed by atoms with Gasteiger partial charge in [0.2, 0.25) is 15.0 Å². The number of nitrogens with zero attached hydrogens (tertiary/aromatic N) is 6. The minimum absolute atomic E-state index is 0.0731. The summed E-state index contributed by atoms with van der Waals surface area (Å²) in [4.78, 5) is 43.8. The van der Waals surface area contributed by atoms with Gasteiger partial charge in [0.05, 0.1) is 14.2 Å². The second-order valence-electron chi connectivity index (χ2n) is 15.5. The van der Waals surface area contributed by atoms with Crippen LogP contribution in [0.25, 0.3) is 0 Å². The summed E-state index contributed by atoms with van der Waals surface area (Å²) in [6.07, 6.45) is 6.26. The molecule has 0 bridgehead atoms. The van der Waals surface area contributed by atoms with Crippen LogP contribution >= 0.6 is 11.8 Å². The molecule has 4 heterocycles. The van der Waals surface area contributed by atoms with Crippen LogP contribution in [0.4, 0.5) is 29.2 Å². The number of aromatic nitrogens is 4. The van der Waals surface area contributed by atoms with E-state index >= 15 is 0 Å². The van der Waals surface area contributed by atoms with Gasteiger partial charge in [-0.05, 0) is 80.3 Å². The number of sulfone groups is 1. The van der Waals surface area contributed by atoms with Gasteiger partial charge in [0.25, 0.3) is 11.8 Å². The summed E-state index contributed by atoms with van der Waals surface area (Å²) >= 11 is 1.30. The fourth-order valence-electron chi connectivity index (χ4n) is 9.09. The monoisotopic (exact) mass is 798 g/mol. The van der Waals surface area contributed by atoms with Crippen LogP contribution in [0.5, 0.6) is 0 Å². The smallest absolute Gasteiger partial charge is 0.305 e. The number of alkyl halides is 4. The van der Waals surface area contributed by atoms with Crippen LogP contribution in [0, 0.1) is 35.5 Å². The van der Waals surface area contributed by atoms with Gasteiger partial charge >= 0.3 is 11.9 Å². The first kappa shape index (κ1) is 39.0. The van der Waals surface area contributed by atoms with Crippen molar-refractivity contribution in [2.24, 2.45) is 35.5 Å². The molecule has 18 heteroatoms. The van der Waals surface area contributed by atoms with Gasteiger partial charge in [-0.25, -0.2) is 28.4 Å². The number of hydrogen-bond acceptors (Lipinski definition) is 13. The summed E-state index contributed by atoms with van der Waals surface area (Å²) in [7, 11) is -1.06. The topological polar surface area (TPSA) is 145 Å². The normalized spacial score (nSPS) is 28.6. The summed E-state index contributed by atoms with van der Waals surface area (Å²) in [5.74, 6) is -3.45. The van der Waals surface area contributed by atoms with E-state index in [1.807, 2.05) is 11.2 Å². The lowest BCUT2D eigenvalue weighted by molar-refractivity contribution is -0.142. The Morgan fingerprint density at radius 1 is 0.722 bits per heavy atom. The SMILES string of the molecule is COC(=O)CC1[C@H]2CN(c3nc(S(C)(=O)=O)nc4c3CCCCC4(F)F)C[C@@H]12.COC(=O)CC1[C@H]2CN(c3nc(SC)nc4c3CCCCC4(F)F)C[C@@H]12. The van der Waals surface area contributed by atoms with E-state index in [-0.39, 0.29) is 48.2 Å². The number of methoxy groups -OCH3 is 2. The van der Waals surface area contributed by atoms with Crippen LogP contribution < -0.4 is 9.80 Å². The summed E-state index contributed by atoms with van der Waals surface area (Å²) in [6, 6.07) is 0. The molecular formula is C36H46F4N6O6S2. The largest absolute Gasteiger partial charge is 0.469 e. The van der Waals surface area contributed by atoms with E-state index in [0.717, 1.165) is 25.8 Å². The number of carbonyl (C=O) groups excluding carboxylic acids is 2. The highest BCUT2D eigenvalue weighted by Gasteiger charge is 2.58. The number of piperidine rings is 2. The molecule has 6 aliphatic rings. The number of hydrogen-bond donors (Lipinski definition) is 0. The Kier molecular flexibility index (Phi) is 10.6. The van der Waals surface area contributed by atoms with Crippen LogP contribution in [0.15, 0.2) is 10.3 Å². The zero-order chi connectivity index (χ0) is 38.7. The lowest BCUT2D eigenvalue weighted by Gasteiger charge is -2.26. The maximum atomic E-state index is 14.7. The molecule has 296 valence electrons. The van der Waals surface area contributed by atoms with Crippen molar-refractivity contribution in [1.29, 1.82) is 0 Å². The predicted octanol–water partition coefficient (Wildman–Crippen LogP) is 5.21. The molecule has 12 nitrogen and oxygen atoms in total. The summed E-state index contributed by atoms with van der Waals surface area (Å²) in [6.45, 7) is 2.69. The zero-order valence-electron chi connectivity index (χ0n) is 30.8. The summed E-state index contributed by atoms with van der Waals surface area (Å²) < 4.78 is 92.1. The number of rotatable bonds is 8. The first-order valence-electron chi connectivity index (χ1n) is 18.5. The predicted molar refractivity (Wildman–Crippen MR) is 190 cm³/mol. The van der Waals surface area contributed by atoms with Gasteiger partial charge < -0.3 is 19.3 Å². The molecule has 6 atom stereocenters. The standard InChI is InChI=1S/C18H23F2N3O4S.C18H23F2N3O2S/c1-27-14(24)7-11-12-8-23(9-13(11)12)16-10-5-3-4-6-18(19,20)15(10)21-17(22-16)28(2,25)26;1-25-14(24)7-11-12-8-23(9-13(11)12)16-10-5-3-4-6-18(19,20)15(10)21-17(22-16)26-2/h11-13H,3-9H2,1-2H3;11-13H,3-9H2,1-2H3/t2*11?,12-,13+. The van der Waals surface area contributed by atoms with Crippen molar-refractivity contribution in [3.05, 3.63) is 22.5 Å². The molecule has 4 aliphatic carbocycles.